The molecule has 0 bridgehead atoms. The van der Waals surface area contributed by atoms with E-state index in [1.54, 1.807) is 6.07 Å². The van der Waals surface area contributed by atoms with Crippen molar-refractivity contribution in [2.24, 2.45) is 11.5 Å². The van der Waals surface area contributed by atoms with E-state index in [2.05, 4.69) is 10.3 Å². The fraction of sp³-hybridized carbons (Fsp3) is 0.174. The van der Waals surface area contributed by atoms with Gasteiger partial charge in [-0.2, -0.15) is 0 Å². The number of anilines is 1. The fourth-order valence-electron chi connectivity index (χ4n) is 3.09. The van der Waals surface area contributed by atoms with Crippen LogP contribution in [-0.2, 0) is 13.2 Å². The quantitative estimate of drug-likeness (QED) is 0.291. The molecule has 1 heterocycles. The highest BCUT2D eigenvalue weighted by atomic mass is 16.5. The molecule has 154 valence electrons. The smallest absolute Gasteiger partial charge is 0.144 e. The van der Waals surface area contributed by atoms with Gasteiger partial charge in [0.2, 0.25) is 0 Å². The number of nitrogens with two attached hydrogens (primary N) is 2. The molecule has 0 aliphatic carbocycles. The Balaban J connectivity index is 1.71. The molecular weight excluding hydrogens is 376 g/mol. The number of pyridine rings is 1. The van der Waals surface area contributed by atoms with Gasteiger partial charge in [-0.05, 0) is 60.9 Å². The Morgan fingerprint density at radius 2 is 1.70 bits per heavy atom. The van der Waals surface area contributed by atoms with Crippen LogP contribution in [0.4, 0.5) is 5.69 Å². The van der Waals surface area contributed by atoms with Crippen LogP contribution >= 0.6 is 0 Å². The average Bonchev–Trinajstić information content (AvgIpc) is 2.73. The van der Waals surface area contributed by atoms with Gasteiger partial charge < -0.3 is 21.5 Å². The largest absolute Gasteiger partial charge is 0.487 e. The van der Waals surface area contributed by atoms with Crippen LogP contribution in [-0.4, -0.2) is 16.7 Å². The summed E-state index contributed by atoms with van der Waals surface area (Å²) in [4.78, 5) is 4.48. The van der Waals surface area contributed by atoms with Crippen molar-refractivity contribution in [1.29, 1.82) is 10.8 Å². The van der Waals surface area contributed by atoms with Crippen molar-refractivity contribution in [1.82, 2.24) is 4.98 Å². The highest BCUT2D eigenvalue weighted by molar-refractivity contribution is 5.95. The third kappa shape index (κ3) is 4.94. The number of benzene rings is 2. The predicted octanol–water partition coefficient (Wildman–Crippen LogP) is 3.46. The van der Waals surface area contributed by atoms with E-state index < -0.39 is 0 Å². The van der Waals surface area contributed by atoms with Gasteiger partial charge >= 0.3 is 0 Å². The Morgan fingerprint density at radius 1 is 1.00 bits per heavy atom. The van der Waals surface area contributed by atoms with Crippen LogP contribution in [0, 0.1) is 24.7 Å². The zero-order valence-corrected chi connectivity index (χ0v) is 17.1. The number of aryl methyl sites for hydroxylation is 1. The molecule has 7 heteroatoms. The maximum Gasteiger partial charge on any atom is 0.144 e. The minimum absolute atomic E-state index is 0.0373. The second kappa shape index (κ2) is 9.09. The van der Waals surface area contributed by atoms with Crippen molar-refractivity contribution in [2.75, 3.05) is 5.32 Å². The van der Waals surface area contributed by atoms with E-state index in [0.29, 0.717) is 24.3 Å². The first-order chi connectivity index (χ1) is 14.3. The van der Waals surface area contributed by atoms with E-state index in [1.807, 2.05) is 62.5 Å². The Labute approximate surface area is 176 Å². The molecule has 7 nitrogen and oxygen atoms in total. The molecule has 0 saturated heterocycles. The van der Waals surface area contributed by atoms with Gasteiger partial charge in [0, 0.05) is 29.6 Å². The lowest BCUT2D eigenvalue weighted by Gasteiger charge is -2.16. The molecule has 0 radical (unpaired) electrons. The summed E-state index contributed by atoms with van der Waals surface area (Å²) in [5.74, 6) is 0.848. The minimum atomic E-state index is 0.0373. The van der Waals surface area contributed by atoms with Crippen LogP contribution < -0.4 is 21.5 Å². The van der Waals surface area contributed by atoms with Crippen molar-refractivity contribution in [3.63, 3.8) is 0 Å². The molecule has 0 unspecified atom stereocenters. The van der Waals surface area contributed by atoms with Gasteiger partial charge in [-0.25, -0.2) is 0 Å². The van der Waals surface area contributed by atoms with Crippen LogP contribution in [0.1, 0.15) is 33.5 Å². The van der Waals surface area contributed by atoms with Crippen LogP contribution in [0.3, 0.4) is 0 Å². The Morgan fingerprint density at radius 3 is 2.37 bits per heavy atom. The van der Waals surface area contributed by atoms with Crippen molar-refractivity contribution in [3.05, 3.63) is 88.2 Å². The monoisotopic (exact) mass is 402 g/mol. The molecule has 0 aliphatic heterocycles. The van der Waals surface area contributed by atoms with Crippen molar-refractivity contribution >= 4 is 17.4 Å². The SMILES string of the molecule is Cc1ncc(CNc2ccc(C(=N)N)cc2)c(C)c1OCc1cccc(C(=N)N)c1. The lowest BCUT2D eigenvalue weighted by atomic mass is 10.1. The number of rotatable bonds is 8. The molecule has 0 saturated carbocycles. The molecule has 7 N–H and O–H groups in total. The Bertz CT molecular complexity index is 1080. The van der Waals surface area contributed by atoms with Crippen molar-refractivity contribution in [2.45, 2.75) is 27.0 Å². The summed E-state index contributed by atoms with van der Waals surface area (Å²) in [6.07, 6.45) is 1.85. The summed E-state index contributed by atoms with van der Waals surface area (Å²) in [5, 5.41) is 18.4. The van der Waals surface area contributed by atoms with E-state index >= 15 is 0 Å². The summed E-state index contributed by atoms with van der Waals surface area (Å²) >= 11 is 0. The summed E-state index contributed by atoms with van der Waals surface area (Å²) < 4.78 is 6.08. The molecule has 3 aromatic rings. The molecule has 0 fully saturated rings. The molecule has 2 aromatic carbocycles. The molecule has 1 aromatic heterocycles. The highest BCUT2D eigenvalue weighted by Crippen LogP contribution is 2.26. The van der Waals surface area contributed by atoms with Gasteiger partial charge in [-0.15, -0.1) is 0 Å². The van der Waals surface area contributed by atoms with Gasteiger partial charge in [-0.3, -0.25) is 15.8 Å². The van der Waals surface area contributed by atoms with Crippen LogP contribution in [0.25, 0.3) is 0 Å². The third-order valence-corrected chi connectivity index (χ3v) is 4.86. The number of nitrogens with zero attached hydrogens (tertiary/aromatic N) is 1. The normalized spacial score (nSPS) is 10.5. The standard InChI is InChI=1S/C23H26N6O/c1-14-19(12-29-20-8-6-17(7-9-20)22(24)25)11-28-15(2)21(14)30-13-16-4-3-5-18(10-16)23(26)27/h3-11,29H,12-13H2,1-2H3,(H3,24,25)(H3,26,27). The van der Waals surface area contributed by atoms with Gasteiger partial charge in [0.25, 0.3) is 0 Å². The van der Waals surface area contributed by atoms with E-state index in [9.17, 15) is 0 Å². The number of hydrogen-bond donors (Lipinski definition) is 5. The maximum absolute atomic E-state index is 7.58. The minimum Gasteiger partial charge on any atom is -0.487 e. The number of nitrogen functional groups attached to an aromatic ring is 2. The highest BCUT2D eigenvalue weighted by Gasteiger charge is 2.11. The molecular formula is C23H26N6O. The first kappa shape index (κ1) is 20.9. The molecule has 3 rings (SSSR count). The third-order valence-electron chi connectivity index (χ3n) is 4.86. The molecule has 0 spiro atoms. The summed E-state index contributed by atoms with van der Waals surface area (Å²) in [7, 11) is 0. The summed E-state index contributed by atoms with van der Waals surface area (Å²) in [6.45, 7) is 4.90. The zero-order chi connectivity index (χ0) is 21.7. The Hall–Kier alpha value is -3.87. The lowest BCUT2D eigenvalue weighted by Crippen LogP contribution is -2.12. The van der Waals surface area contributed by atoms with Crippen LogP contribution in [0.5, 0.6) is 5.75 Å². The number of aromatic nitrogens is 1. The first-order valence-corrected chi connectivity index (χ1v) is 9.54. The van der Waals surface area contributed by atoms with E-state index in [1.165, 1.54) is 0 Å². The number of amidine groups is 2. The zero-order valence-electron chi connectivity index (χ0n) is 17.1. The van der Waals surface area contributed by atoms with Crippen molar-refractivity contribution < 1.29 is 4.74 Å². The van der Waals surface area contributed by atoms with Gasteiger partial charge in [-0.1, -0.05) is 18.2 Å². The fourth-order valence-corrected chi connectivity index (χ4v) is 3.09. The number of hydrogen-bond acceptors (Lipinski definition) is 5. The van der Waals surface area contributed by atoms with Crippen LogP contribution in [0.2, 0.25) is 0 Å². The number of ether oxygens (including phenoxy) is 1. The average molecular weight is 403 g/mol. The summed E-state index contributed by atoms with van der Waals surface area (Å²) in [5.41, 5.74) is 17.2. The van der Waals surface area contributed by atoms with Crippen LogP contribution in [0.15, 0.2) is 54.7 Å². The van der Waals surface area contributed by atoms with Gasteiger partial charge in [0.15, 0.2) is 0 Å². The second-order valence-electron chi connectivity index (χ2n) is 7.07. The van der Waals surface area contributed by atoms with E-state index in [0.717, 1.165) is 33.8 Å². The van der Waals surface area contributed by atoms with Gasteiger partial charge in [0.1, 0.15) is 24.0 Å². The van der Waals surface area contributed by atoms with Gasteiger partial charge in [0.05, 0.1) is 5.69 Å². The van der Waals surface area contributed by atoms with Crippen molar-refractivity contribution in [3.8, 4) is 5.75 Å². The lowest BCUT2D eigenvalue weighted by molar-refractivity contribution is 0.300. The molecule has 0 amide bonds. The molecule has 0 aliphatic rings. The number of nitrogens with one attached hydrogen (secondary N) is 3. The molecule has 30 heavy (non-hydrogen) atoms. The Kier molecular flexibility index (Phi) is 6.32. The van der Waals surface area contributed by atoms with E-state index in [4.69, 9.17) is 27.0 Å². The first-order valence-electron chi connectivity index (χ1n) is 9.54. The maximum atomic E-state index is 7.58. The van der Waals surface area contributed by atoms with E-state index in [-0.39, 0.29) is 11.7 Å². The second-order valence-corrected chi connectivity index (χ2v) is 7.07. The topological polar surface area (TPSA) is 134 Å². The predicted molar refractivity (Wildman–Crippen MR) is 120 cm³/mol. The summed E-state index contributed by atoms with van der Waals surface area (Å²) in [6, 6.07) is 14.9. The molecule has 0 atom stereocenters.